The summed E-state index contributed by atoms with van der Waals surface area (Å²) in [6.45, 7) is 3.73. The molecule has 0 amide bonds. The largest absolute Gasteiger partial charge is 0.496 e. The van der Waals surface area contributed by atoms with Crippen LogP contribution in [0.4, 0.5) is 0 Å². The zero-order valence-corrected chi connectivity index (χ0v) is 16.4. The molecule has 2 rings (SSSR count). The van der Waals surface area contributed by atoms with E-state index in [1.807, 2.05) is 37.3 Å². The van der Waals surface area contributed by atoms with Gasteiger partial charge in [-0.15, -0.1) is 0 Å². The third kappa shape index (κ3) is 6.58. The predicted octanol–water partition coefficient (Wildman–Crippen LogP) is 1.64. The average Bonchev–Trinajstić information content (AvgIpc) is 2.66. The first kappa shape index (κ1) is 20.7. The highest BCUT2D eigenvalue weighted by atomic mass is 32.2. The van der Waals surface area contributed by atoms with Crippen LogP contribution in [0.3, 0.4) is 0 Å². The number of sulfonamides is 1. The number of aliphatic imine (C=N–C) groups is 1. The summed E-state index contributed by atoms with van der Waals surface area (Å²) in [6, 6.07) is 14.4. The molecule has 0 aliphatic carbocycles. The van der Waals surface area contributed by atoms with Gasteiger partial charge < -0.3 is 15.4 Å². The Hall–Kier alpha value is -2.58. The van der Waals surface area contributed by atoms with Gasteiger partial charge in [-0.1, -0.05) is 30.3 Å². The number of primary sulfonamides is 1. The molecule has 2 aromatic rings. The summed E-state index contributed by atoms with van der Waals surface area (Å²) in [5, 5.41) is 11.6. The molecule has 0 spiro atoms. The van der Waals surface area contributed by atoms with Crippen molar-refractivity contribution in [3.8, 4) is 5.75 Å². The second-order valence-corrected chi connectivity index (χ2v) is 7.44. The number of hydrogen-bond donors (Lipinski definition) is 3. The first-order valence-corrected chi connectivity index (χ1v) is 10.2. The summed E-state index contributed by atoms with van der Waals surface area (Å²) in [7, 11) is -2.06. The number of benzene rings is 2. The summed E-state index contributed by atoms with van der Waals surface area (Å²) < 4.78 is 28.3. The fraction of sp³-hybridized carbons (Fsp3) is 0.316. The highest BCUT2D eigenvalue weighted by Gasteiger charge is 2.08. The highest BCUT2D eigenvalue weighted by Crippen LogP contribution is 2.17. The average molecular weight is 391 g/mol. The van der Waals surface area contributed by atoms with E-state index in [0.717, 1.165) is 29.8 Å². The van der Waals surface area contributed by atoms with Gasteiger partial charge in [0.25, 0.3) is 0 Å². The van der Waals surface area contributed by atoms with Crippen molar-refractivity contribution in [3.05, 3.63) is 59.7 Å². The maximum Gasteiger partial charge on any atom is 0.238 e. The second kappa shape index (κ2) is 9.94. The van der Waals surface area contributed by atoms with Gasteiger partial charge in [-0.25, -0.2) is 18.5 Å². The normalized spacial score (nSPS) is 11.9. The fourth-order valence-corrected chi connectivity index (χ4v) is 3.14. The van der Waals surface area contributed by atoms with Gasteiger partial charge >= 0.3 is 0 Å². The molecule has 0 aliphatic rings. The lowest BCUT2D eigenvalue weighted by Crippen LogP contribution is -2.38. The topological polar surface area (TPSA) is 106 Å². The molecule has 0 saturated carbocycles. The Bertz CT molecular complexity index is 882. The van der Waals surface area contributed by atoms with Crippen molar-refractivity contribution >= 4 is 16.0 Å². The monoisotopic (exact) mass is 390 g/mol. The molecular weight excluding hydrogens is 364 g/mol. The van der Waals surface area contributed by atoms with Crippen molar-refractivity contribution in [3.63, 3.8) is 0 Å². The summed E-state index contributed by atoms with van der Waals surface area (Å²) in [4.78, 5) is 4.60. The van der Waals surface area contributed by atoms with E-state index in [0.29, 0.717) is 19.0 Å². The van der Waals surface area contributed by atoms with Crippen molar-refractivity contribution < 1.29 is 13.2 Å². The molecule has 0 atom stereocenters. The smallest absolute Gasteiger partial charge is 0.238 e. The van der Waals surface area contributed by atoms with Gasteiger partial charge in [-0.2, -0.15) is 0 Å². The third-order valence-corrected chi connectivity index (χ3v) is 4.78. The van der Waals surface area contributed by atoms with Gasteiger partial charge in [0.15, 0.2) is 5.96 Å². The zero-order valence-electron chi connectivity index (χ0n) is 15.6. The number of methoxy groups -OCH3 is 1. The quantitative estimate of drug-likeness (QED) is 0.469. The molecule has 146 valence electrons. The lowest BCUT2D eigenvalue weighted by molar-refractivity contribution is 0.409. The lowest BCUT2D eigenvalue weighted by Gasteiger charge is -2.13. The predicted molar refractivity (Wildman–Crippen MR) is 107 cm³/mol. The van der Waals surface area contributed by atoms with Crippen molar-refractivity contribution in [2.24, 2.45) is 10.1 Å². The van der Waals surface area contributed by atoms with Gasteiger partial charge in [0.2, 0.25) is 10.0 Å². The summed E-state index contributed by atoms with van der Waals surface area (Å²) >= 11 is 0. The van der Waals surface area contributed by atoms with E-state index in [1.54, 1.807) is 13.2 Å². The van der Waals surface area contributed by atoms with Crippen LogP contribution < -0.4 is 20.5 Å². The van der Waals surface area contributed by atoms with Gasteiger partial charge in [0.1, 0.15) is 5.75 Å². The highest BCUT2D eigenvalue weighted by molar-refractivity contribution is 7.89. The van der Waals surface area contributed by atoms with E-state index in [2.05, 4.69) is 15.6 Å². The molecule has 27 heavy (non-hydrogen) atoms. The van der Waals surface area contributed by atoms with E-state index in [4.69, 9.17) is 9.88 Å². The van der Waals surface area contributed by atoms with Crippen molar-refractivity contribution in [2.45, 2.75) is 24.8 Å². The van der Waals surface area contributed by atoms with Crippen LogP contribution in [0, 0.1) is 0 Å². The first-order chi connectivity index (χ1) is 12.9. The third-order valence-electron chi connectivity index (χ3n) is 3.87. The first-order valence-electron chi connectivity index (χ1n) is 8.70. The number of rotatable bonds is 8. The molecule has 0 saturated heterocycles. The van der Waals surface area contributed by atoms with Crippen molar-refractivity contribution in [1.82, 2.24) is 10.6 Å². The Morgan fingerprint density at radius 1 is 1.15 bits per heavy atom. The van der Waals surface area contributed by atoms with Crippen LogP contribution in [0.15, 0.2) is 58.4 Å². The van der Waals surface area contributed by atoms with E-state index >= 15 is 0 Å². The molecule has 0 fully saturated rings. The number of nitrogens with two attached hydrogens (primary N) is 1. The minimum absolute atomic E-state index is 0.0873. The number of hydrogen-bond acceptors (Lipinski definition) is 4. The number of nitrogens with one attached hydrogen (secondary N) is 2. The molecule has 0 bridgehead atoms. The Morgan fingerprint density at radius 3 is 2.63 bits per heavy atom. The SMILES string of the molecule is CCNC(=NCc1cccc(S(N)(=O)=O)c1)NCCc1ccccc1OC. The maximum absolute atomic E-state index is 11.5. The number of para-hydroxylation sites is 1. The van der Waals surface area contributed by atoms with Crippen LogP contribution in [0.25, 0.3) is 0 Å². The minimum Gasteiger partial charge on any atom is -0.496 e. The van der Waals surface area contributed by atoms with Crippen LogP contribution in [-0.4, -0.2) is 34.6 Å². The zero-order chi connectivity index (χ0) is 19.7. The number of ether oxygens (including phenoxy) is 1. The standard InChI is InChI=1S/C19H26N4O3S/c1-3-21-19(22-12-11-16-8-4-5-10-18(16)26-2)23-14-15-7-6-9-17(13-15)27(20,24)25/h4-10,13H,3,11-12,14H2,1-2H3,(H2,20,24,25)(H2,21,22,23). The molecular formula is C19H26N4O3S. The van der Waals surface area contributed by atoms with Crippen LogP contribution in [-0.2, 0) is 23.0 Å². The van der Waals surface area contributed by atoms with Crippen LogP contribution in [0.2, 0.25) is 0 Å². The number of nitrogens with zero attached hydrogens (tertiary/aromatic N) is 1. The Balaban J connectivity index is 2.00. The second-order valence-electron chi connectivity index (χ2n) is 5.88. The molecule has 0 unspecified atom stereocenters. The molecule has 7 nitrogen and oxygen atoms in total. The van der Waals surface area contributed by atoms with Gasteiger partial charge in [0.05, 0.1) is 18.6 Å². The molecule has 0 aliphatic heterocycles. The van der Waals surface area contributed by atoms with E-state index in [1.165, 1.54) is 12.1 Å². The molecule has 8 heteroatoms. The Labute approximate surface area is 160 Å². The Kier molecular flexibility index (Phi) is 7.63. The van der Waals surface area contributed by atoms with Crippen LogP contribution in [0.5, 0.6) is 5.75 Å². The molecule has 0 aromatic heterocycles. The summed E-state index contributed by atoms with van der Waals surface area (Å²) in [5.41, 5.74) is 1.88. The summed E-state index contributed by atoms with van der Waals surface area (Å²) in [5.74, 6) is 1.52. The fourth-order valence-electron chi connectivity index (χ4n) is 2.56. The van der Waals surface area contributed by atoms with Crippen LogP contribution in [0.1, 0.15) is 18.1 Å². The minimum atomic E-state index is -3.72. The van der Waals surface area contributed by atoms with Gasteiger partial charge in [0, 0.05) is 13.1 Å². The summed E-state index contributed by atoms with van der Waals surface area (Å²) in [6.07, 6.45) is 0.787. The van der Waals surface area contributed by atoms with Crippen molar-refractivity contribution in [2.75, 3.05) is 20.2 Å². The lowest BCUT2D eigenvalue weighted by atomic mass is 10.1. The van der Waals surface area contributed by atoms with E-state index in [9.17, 15) is 8.42 Å². The molecule has 0 radical (unpaired) electrons. The van der Waals surface area contributed by atoms with Crippen LogP contribution >= 0.6 is 0 Å². The van der Waals surface area contributed by atoms with Gasteiger partial charge in [-0.05, 0) is 42.7 Å². The maximum atomic E-state index is 11.5. The number of guanidine groups is 1. The van der Waals surface area contributed by atoms with Crippen molar-refractivity contribution in [1.29, 1.82) is 0 Å². The van der Waals surface area contributed by atoms with E-state index < -0.39 is 10.0 Å². The van der Waals surface area contributed by atoms with Gasteiger partial charge in [-0.3, -0.25) is 0 Å². The molecule has 0 heterocycles. The molecule has 2 aromatic carbocycles. The van der Waals surface area contributed by atoms with E-state index in [-0.39, 0.29) is 4.90 Å². The Morgan fingerprint density at radius 2 is 1.93 bits per heavy atom. The molecule has 4 N–H and O–H groups in total.